The number of halogens is 1. The molecule has 80 valence electrons. The highest BCUT2D eigenvalue weighted by Crippen LogP contribution is 2.17. The van der Waals surface area contributed by atoms with Crippen molar-refractivity contribution in [3.8, 4) is 0 Å². The molecular formula is C11H13ClN2O. The van der Waals surface area contributed by atoms with Crippen molar-refractivity contribution in [3.63, 3.8) is 0 Å². The summed E-state index contributed by atoms with van der Waals surface area (Å²) in [5.74, 6) is -0.121. The maximum Gasteiger partial charge on any atom is 0.254 e. The number of carbonyl (C=O) groups is 1. The van der Waals surface area contributed by atoms with Crippen LogP contribution >= 0.6 is 11.6 Å². The molecule has 0 radical (unpaired) electrons. The average Bonchev–Trinajstić information content (AvgIpc) is 2.15. The lowest BCUT2D eigenvalue weighted by atomic mass is 10.2. The van der Waals surface area contributed by atoms with E-state index < -0.39 is 0 Å². The van der Waals surface area contributed by atoms with E-state index >= 15 is 0 Å². The predicted molar refractivity (Wildman–Crippen MR) is 63.0 cm³/mol. The highest BCUT2D eigenvalue weighted by Gasteiger charge is 2.11. The van der Waals surface area contributed by atoms with Crippen molar-refractivity contribution in [1.29, 1.82) is 0 Å². The molecule has 3 nitrogen and oxygen atoms in total. The first-order chi connectivity index (χ1) is 7.04. The number of hydrogen-bond donors (Lipinski definition) is 1. The summed E-state index contributed by atoms with van der Waals surface area (Å²) in [6.07, 6.45) is 1.66. The number of carbonyl (C=O) groups excluding carboxylic acids is 1. The van der Waals surface area contributed by atoms with Crippen LogP contribution in [0.25, 0.3) is 0 Å². The van der Waals surface area contributed by atoms with Gasteiger partial charge in [-0.1, -0.05) is 17.7 Å². The largest absolute Gasteiger partial charge is 0.399 e. The van der Waals surface area contributed by atoms with Crippen LogP contribution in [-0.4, -0.2) is 24.4 Å². The third kappa shape index (κ3) is 2.99. The van der Waals surface area contributed by atoms with Crippen molar-refractivity contribution in [2.75, 3.05) is 19.3 Å². The number of likely N-dealkylation sites (N-methyl/N-ethyl adjacent to an activating group) is 1. The lowest BCUT2D eigenvalue weighted by molar-refractivity contribution is 0.0810. The predicted octanol–water partition coefficient (Wildman–Crippen LogP) is 2.18. The summed E-state index contributed by atoms with van der Waals surface area (Å²) < 4.78 is 0. The van der Waals surface area contributed by atoms with Crippen LogP contribution in [0.15, 0.2) is 30.9 Å². The Morgan fingerprint density at radius 1 is 1.60 bits per heavy atom. The number of nitrogen functional groups attached to an aromatic ring is 1. The quantitative estimate of drug-likeness (QED) is 0.632. The molecule has 0 bridgehead atoms. The Bertz CT molecular complexity index is 370. The summed E-state index contributed by atoms with van der Waals surface area (Å²) in [4.78, 5) is 13.3. The first kappa shape index (κ1) is 11.6. The molecule has 0 spiro atoms. The van der Waals surface area contributed by atoms with Crippen LogP contribution in [0.3, 0.4) is 0 Å². The van der Waals surface area contributed by atoms with E-state index in [9.17, 15) is 4.79 Å². The minimum Gasteiger partial charge on any atom is -0.399 e. The lowest BCUT2D eigenvalue weighted by Crippen LogP contribution is -2.26. The fourth-order valence-corrected chi connectivity index (χ4v) is 1.48. The Morgan fingerprint density at radius 2 is 2.27 bits per heavy atom. The standard InChI is InChI=1S/C11H13ClN2O/c1-3-4-14(2)11(15)8-5-9(12)7-10(13)6-8/h3,5-7H,1,4,13H2,2H3. The molecule has 0 unspecified atom stereocenters. The molecule has 1 aromatic carbocycles. The van der Waals surface area contributed by atoms with Crippen LogP contribution in [0.5, 0.6) is 0 Å². The topological polar surface area (TPSA) is 46.3 Å². The van der Waals surface area contributed by atoms with Crippen LogP contribution in [-0.2, 0) is 0 Å². The first-order valence-corrected chi connectivity index (χ1v) is 4.85. The number of anilines is 1. The highest BCUT2D eigenvalue weighted by atomic mass is 35.5. The molecule has 0 fully saturated rings. The van der Waals surface area contributed by atoms with Crippen LogP contribution in [0.1, 0.15) is 10.4 Å². The summed E-state index contributed by atoms with van der Waals surface area (Å²) in [5.41, 5.74) is 6.57. The van der Waals surface area contributed by atoms with Gasteiger partial charge in [0.1, 0.15) is 0 Å². The van der Waals surface area contributed by atoms with Crippen LogP contribution in [0, 0.1) is 0 Å². The van der Waals surface area contributed by atoms with E-state index in [0.717, 1.165) is 0 Å². The summed E-state index contributed by atoms with van der Waals surface area (Å²) >= 11 is 5.81. The Morgan fingerprint density at radius 3 is 2.80 bits per heavy atom. The van der Waals surface area contributed by atoms with Crippen LogP contribution < -0.4 is 5.73 Å². The second kappa shape index (κ2) is 4.84. The highest BCUT2D eigenvalue weighted by molar-refractivity contribution is 6.31. The smallest absolute Gasteiger partial charge is 0.254 e. The maximum atomic E-state index is 11.8. The Kier molecular flexibility index (Phi) is 3.74. The summed E-state index contributed by atoms with van der Waals surface area (Å²) in [6, 6.07) is 4.81. The third-order valence-electron chi connectivity index (χ3n) is 1.92. The molecule has 4 heteroatoms. The zero-order valence-corrected chi connectivity index (χ0v) is 9.29. The molecule has 0 aliphatic rings. The Labute approximate surface area is 94.1 Å². The molecule has 15 heavy (non-hydrogen) atoms. The van der Waals surface area contributed by atoms with Gasteiger partial charge in [-0.05, 0) is 18.2 Å². The van der Waals surface area contributed by atoms with E-state index in [1.165, 1.54) is 4.90 Å². The van der Waals surface area contributed by atoms with Gasteiger partial charge in [0.25, 0.3) is 5.91 Å². The number of benzene rings is 1. The van der Waals surface area contributed by atoms with Gasteiger partial charge in [0, 0.05) is 29.9 Å². The molecule has 0 heterocycles. The maximum absolute atomic E-state index is 11.8. The van der Waals surface area contributed by atoms with Gasteiger partial charge in [-0.15, -0.1) is 6.58 Å². The van der Waals surface area contributed by atoms with Gasteiger partial charge in [-0.25, -0.2) is 0 Å². The monoisotopic (exact) mass is 224 g/mol. The third-order valence-corrected chi connectivity index (χ3v) is 2.13. The fourth-order valence-electron chi connectivity index (χ4n) is 1.23. The lowest BCUT2D eigenvalue weighted by Gasteiger charge is -2.15. The molecule has 0 atom stereocenters. The van der Waals surface area contributed by atoms with E-state index in [-0.39, 0.29) is 5.91 Å². The van der Waals surface area contributed by atoms with Crippen molar-refractivity contribution in [1.82, 2.24) is 4.90 Å². The summed E-state index contributed by atoms with van der Waals surface area (Å²) in [5, 5.41) is 0.463. The minimum absolute atomic E-state index is 0.121. The van der Waals surface area contributed by atoms with Crippen molar-refractivity contribution in [3.05, 3.63) is 41.4 Å². The Hall–Kier alpha value is -1.48. The molecular weight excluding hydrogens is 212 g/mol. The van der Waals surface area contributed by atoms with E-state index in [2.05, 4.69) is 6.58 Å². The fraction of sp³-hybridized carbons (Fsp3) is 0.182. The molecule has 0 aromatic heterocycles. The SMILES string of the molecule is C=CCN(C)C(=O)c1cc(N)cc(Cl)c1. The number of nitrogens with zero attached hydrogens (tertiary/aromatic N) is 1. The molecule has 1 aromatic rings. The van der Waals surface area contributed by atoms with E-state index in [4.69, 9.17) is 17.3 Å². The number of nitrogens with two attached hydrogens (primary N) is 1. The summed E-state index contributed by atoms with van der Waals surface area (Å²) in [6.45, 7) is 4.06. The van der Waals surface area contributed by atoms with Gasteiger partial charge in [0.05, 0.1) is 0 Å². The van der Waals surface area contributed by atoms with Gasteiger partial charge >= 0.3 is 0 Å². The molecule has 0 aliphatic heterocycles. The number of rotatable bonds is 3. The minimum atomic E-state index is -0.121. The number of amides is 1. The molecule has 2 N–H and O–H groups in total. The molecule has 0 saturated heterocycles. The van der Waals surface area contributed by atoms with Crippen molar-refractivity contribution in [2.45, 2.75) is 0 Å². The van der Waals surface area contributed by atoms with Crippen LogP contribution in [0.4, 0.5) is 5.69 Å². The van der Waals surface area contributed by atoms with E-state index in [0.29, 0.717) is 22.8 Å². The van der Waals surface area contributed by atoms with Gasteiger partial charge in [-0.2, -0.15) is 0 Å². The normalized spacial score (nSPS) is 9.73. The zero-order valence-electron chi connectivity index (χ0n) is 8.53. The van der Waals surface area contributed by atoms with E-state index in [1.54, 1.807) is 31.3 Å². The second-order valence-corrected chi connectivity index (χ2v) is 3.68. The van der Waals surface area contributed by atoms with Gasteiger partial charge in [0.2, 0.25) is 0 Å². The molecule has 1 rings (SSSR count). The van der Waals surface area contributed by atoms with Gasteiger partial charge in [-0.3, -0.25) is 4.79 Å². The molecule has 1 amide bonds. The van der Waals surface area contributed by atoms with Crippen molar-refractivity contribution >= 4 is 23.2 Å². The van der Waals surface area contributed by atoms with Crippen molar-refractivity contribution < 1.29 is 4.79 Å². The Balaban J connectivity index is 2.95. The molecule has 0 saturated carbocycles. The van der Waals surface area contributed by atoms with Crippen LogP contribution in [0.2, 0.25) is 5.02 Å². The molecule has 0 aliphatic carbocycles. The first-order valence-electron chi connectivity index (χ1n) is 4.47. The van der Waals surface area contributed by atoms with E-state index in [1.807, 2.05) is 0 Å². The van der Waals surface area contributed by atoms with Gasteiger partial charge in [0.15, 0.2) is 0 Å². The van der Waals surface area contributed by atoms with Gasteiger partial charge < -0.3 is 10.6 Å². The average molecular weight is 225 g/mol. The van der Waals surface area contributed by atoms with Crippen molar-refractivity contribution in [2.24, 2.45) is 0 Å². The zero-order chi connectivity index (χ0) is 11.4. The second-order valence-electron chi connectivity index (χ2n) is 3.25. The summed E-state index contributed by atoms with van der Waals surface area (Å²) in [7, 11) is 1.70. The number of hydrogen-bond acceptors (Lipinski definition) is 2.